The molecule has 9 heteroatoms. The Balaban J connectivity index is 1.42. The summed E-state index contributed by atoms with van der Waals surface area (Å²) in [5, 5.41) is 1.30. The van der Waals surface area contributed by atoms with Gasteiger partial charge in [-0.1, -0.05) is 23.2 Å². The molecule has 7 nitrogen and oxygen atoms in total. The molecule has 5 rings (SSSR count). The van der Waals surface area contributed by atoms with Crippen molar-refractivity contribution in [3.8, 4) is 11.3 Å². The second-order valence-corrected chi connectivity index (χ2v) is 11.2. The van der Waals surface area contributed by atoms with Crippen molar-refractivity contribution in [2.45, 2.75) is 39.5 Å². The summed E-state index contributed by atoms with van der Waals surface area (Å²) in [5.74, 6) is 1.80. The van der Waals surface area contributed by atoms with Gasteiger partial charge in [0.1, 0.15) is 23.8 Å². The van der Waals surface area contributed by atoms with Gasteiger partial charge in [0.2, 0.25) is 0 Å². The summed E-state index contributed by atoms with van der Waals surface area (Å²) in [6, 6.07) is 11.7. The molecule has 1 aliphatic heterocycles. The third-order valence-corrected chi connectivity index (χ3v) is 7.52. The van der Waals surface area contributed by atoms with Crippen molar-refractivity contribution in [2.75, 3.05) is 38.2 Å². The average Bonchev–Trinajstić information content (AvgIpc) is 3.22. The first-order chi connectivity index (χ1) is 17.7. The summed E-state index contributed by atoms with van der Waals surface area (Å²) in [4.78, 5) is 19.1. The Bertz CT molecular complexity index is 1390. The third-order valence-electron chi connectivity index (χ3n) is 6.92. The minimum absolute atomic E-state index is 0.196. The van der Waals surface area contributed by atoms with Gasteiger partial charge in [-0.05, 0) is 62.7 Å². The van der Waals surface area contributed by atoms with Gasteiger partial charge in [-0.3, -0.25) is 9.88 Å². The quantitative estimate of drug-likeness (QED) is 0.304. The van der Waals surface area contributed by atoms with Gasteiger partial charge in [-0.25, -0.2) is 9.97 Å². The summed E-state index contributed by atoms with van der Waals surface area (Å²) in [7, 11) is 1.66. The van der Waals surface area contributed by atoms with Crippen LogP contribution in [0, 0.1) is 0 Å². The number of pyridine rings is 2. The van der Waals surface area contributed by atoms with Gasteiger partial charge in [-0.15, -0.1) is 0 Å². The van der Waals surface area contributed by atoms with E-state index in [1.54, 1.807) is 19.4 Å². The lowest BCUT2D eigenvalue weighted by Gasteiger charge is -2.42. The molecule has 0 atom stereocenters. The number of benzene rings is 1. The van der Waals surface area contributed by atoms with Crippen LogP contribution in [0.15, 0.2) is 48.8 Å². The Hall–Kier alpha value is -2.71. The van der Waals surface area contributed by atoms with Crippen molar-refractivity contribution in [3.05, 3.63) is 70.2 Å². The first-order valence-corrected chi connectivity index (χ1v) is 13.2. The Kier molecular flexibility index (Phi) is 7.41. The smallest absolute Gasteiger partial charge is 0.136 e. The fourth-order valence-electron chi connectivity index (χ4n) is 4.82. The molecule has 0 aliphatic carbocycles. The molecule has 0 N–H and O–H groups in total. The maximum absolute atomic E-state index is 6.48. The monoisotopic (exact) mass is 538 g/mol. The lowest BCUT2D eigenvalue weighted by molar-refractivity contribution is 0.128. The van der Waals surface area contributed by atoms with Crippen molar-refractivity contribution < 1.29 is 4.74 Å². The molecule has 37 heavy (non-hydrogen) atoms. The van der Waals surface area contributed by atoms with Gasteiger partial charge < -0.3 is 14.2 Å². The zero-order valence-electron chi connectivity index (χ0n) is 21.7. The molecule has 0 amide bonds. The van der Waals surface area contributed by atoms with Crippen LogP contribution in [0.2, 0.25) is 10.0 Å². The van der Waals surface area contributed by atoms with Crippen molar-refractivity contribution in [3.63, 3.8) is 0 Å². The number of piperazine rings is 1. The van der Waals surface area contributed by atoms with Crippen LogP contribution < -0.4 is 4.90 Å². The van der Waals surface area contributed by atoms with E-state index in [1.165, 1.54) is 0 Å². The summed E-state index contributed by atoms with van der Waals surface area (Å²) in [6.07, 6.45) is 3.71. The zero-order valence-corrected chi connectivity index (χ0v) is 23.2. The second kappa shape index (κ2) is 10.6. The van der Waals surface area contributed by atoms with Gasteiger partial charge in [-0.2, -0.15) is 0 Å². The Morgan fingerprint density at radius 3 is 2.41 bits per heavy atom. The predicted octanol–water partition coefficient (Wildman–Crippen LogP) is 5.92. The van der Waals surface area contributed by atoms with Crippen LogP contribution in [-0.4, -0.2) is 63.2 Å². The van der Waals surface area contributed by atoms with Gasteiger partial charge >= 0.3 is 0 Å². The van der Waals surface area contributed by atoms with Crippen LogP contribution in [0.1, 0.15) is 32.2 Å². The highest BCUT2D eigenvalue weighted by Gasteiger charge is 2.26. The number of rotatable bonds is 6. The SMILES string of the molecule is COCc1nc2cnc(-c3ccc(N4CCN(C(C)(C)C)CC4)nc3)cc2n1Cc1cc(Cl)ccc1Cl. The van der Waals surface area contributed by atoms with Crippen molar-refractivity contribution in [1.29, 1.82) is 0 Å². The molecule has 1 aromatic carbocycles. The number of fused-ring (bicyclic) bond motifs is 1. The Morgan fingerprint density at radius 1 is 0.946 bits per heavy atom. The van der Waals surface area contributed by atoms with E-state index in [2.05, 4.69) is 58.3 Å². The van der Waals surface area contributed by atoms with E-state index in [4.69, 9.17) is 37.9 Å². The number of methoxy groups -OCH3 is 1. The molecule has 4 aromatic rings. The van der Waals surface area contributed by atoms with Crippen LogP contribution >= 0.6 is 23.2 Å². The largest absolute Gasteiger partial charge is 0.377 e. The van der Waals surface area contributed by atoms with Crippen LogP contribution in [0.3, 0.4) is 0 Å². The lowest BCUT2D eigenvalue weighted by Crippen LogP contribution is -2.53. The number of aromatic nitrogens is 4. The van der Waals surface area contributed by atoms with E-state index in [9.17, 15) is 0 Å². The molecule has 1 saturated heterocycles. The summed E-state index contributed by atoms with van der Waals surface area (Å²) in [6.45, 7) is 11.7. The van der Waals surface area contributed by atoms with Crippen LogP contribution in [-0.2, 0) is 17.9 Å². The van der Waals surface area contributed by atoms with Crippen LogP contribution in [0.25, 0.3) is 22.3 Å². The molecule has 0 spiro atoms. The van der Waals surface area contributed by atoms with E-state index < -0.39 is 0 Å². The van der Waals surface area contributed by atoms with E-state index >= 15 is 0 Å². The fourth-order valence-corrected chi connectivity index (χ4v) is 5.19. The highest BCUT2D eigenvalue weighted by atomic mass is 35.5. The van der Waals surface area contributed by atoms with E-state index in [0.717, 1.165) is 65.7 Å². The summed E-state index contributed by atoms with van der Waals surface area (Å²) >= 11 is 12.7. The predicted molar refractivity (Wildman–Crippen MR) is 151 cm³/mol. The number of halogens is 2. The fraction of sp³-hybridized carbons (Fsp3) is 0.393. The number of hydrogen-bond acceptors (Lipinski definition) is 6. The standard InChI is InChI=1S/C28H32Cl2N6O/c1-28(2,3)35-11-9-34(10-12-35)26-8-5-19(15-32-26)23-14-25-24(16-31-23)33-27(18-37-4)36(25)17-20-13-21(29)6-7-22(20)30/h5-8,13-16H,9-12,17-18H2,1-4H3. The number of nitrogens with zero attached hydrogens (tertiary/aromatic N) is 6. The highest BCUT2D eigenvalue weighted by Crippen LogP contribution is 2.28. The van der Waals surface area contributed by atoms with Gasteiger partial charge in [0.25, 0.3) is 0 Å². The molecular formula is C28H32Cl2N6O. The Morgan fingerprint density at radius 2 is 1.73 bits per heavy atom. The van der Waals surface area contributed by atoms with Gasteiger partial charge in [0, 0.05) is 60.6 Å². The number of imidazole rings is 1. The third kappa shape index (κ3) is 5.60. The molecule has 0 radical (unpaired) electrons. The Labute approximate surface area is 228 Å². The molecule has 3 aromatic heterocycles. The minimum Gasteiger partial charge on any atom is -0.377 e. The van der Waals surface area contributed by atoms with Crippen molar-refractivity contribution >= 4 is 40.1 Å². The number of ether oxygens (including phenoxy) is 1. The molecule has 0 unspecified atom stereocenters. The molecule has 1 aliphatic rings. The van der Waals surface area contributed by atoms with Crippen LogP contribution in [0.5, 0.6) is 0 Å². The molecule has 4 heterocycles. The van der Waals surface area contributed by atoms with Crippen LogP contribution in [0.4, 0.5) is 5.82 Å². The van der Waals surface area contributed by atoms with E-state index in [-0.39, 0.29) is 5.54 Å². The minimum atomic E-state index is 0.196. The number of hydrogen-bond donors (Lipinski definition) is 0. The van der Waals surface area contributed by atoms with Gasteiger partial charge in [0.15, 0.2) is 0 Å². The molecule has 0 saturated carbocycles. The topological polar surface area (TPSA) is 59.3 Å². The maximum Gasteiger partial charge on any atom is 0.136 e. The molecule has 1 fully saturated rings. The maximum atomic E-state index is 6.48. The highest BCUT2D eigenvalue weighted by molar-refractivity contribution is 6.33. The molecule has 194 valence electrons. The summed E-state index contributed by atoms with van der Waals surface area (Å²) in [5.41, 5.74) is 4.67. The van der Waals surface area contributed by atoms with Crippen molar-refractivity contribution in [2.24, 2.45) is 0 Å². The average molecular weight is 540 g/mol. The lowest BCUT2D eigenvalue weighted by atomic mass is 10.0. The molecule has 0 bridgehead atoms. The van der Waals surface area contributed by atoms with Gasteiger partial charge in [0.05, 0.1) is 24.0 Å². The van der Waals surface area contributed by atoms with E-state index in [0.29, 0.717) is 23.2 Å². The normalized spacial score (nSPS) is 15.0. The summed E-state index contributed by atoms with van der Waals surface area (Å²) < 4.78 is 7.53. The number of anilines is 1. The zero-order chi connectivity index (χ0) is 26.2. The first-order valence-electron chi connectivity index (χ1n) is 12.5. The first kappa shape index (κ1) is 25.9. The second-order valence-electron chi connectivity index (χ2n) is 10.4. The van der Waals surface area contributed by atoms with Crippen molar-refractivity contribution in [1.82, 2.24) is 24.4 Å². The molecular weight excluding hydrogens is 507 g/mol. The van der Waals surface area contributed by atoms with E-state index in [1.807, 2.05) is 18.3 Å².